The molecule has 3 heteroatoms. The molecule has 1 atom stereocenters. The first kappa shape index (κ1) is 15.9. The molecule has 0 rings (SSSR count). The number of aliphatic hydroxyl groups excluding tert-OH is 1. The Labute approximate surface area is 101 Å². The summed E-state index contributed by atoms with van der Waals surface area (Å²) in [6, 6.07) is 0. The van der Waals surface area contributed by atoms with Crippen LogP contribution < -0.4 is 0 Å². The predicted octanol–water partition coefficient (Wildman–Crippen LogP) is 4.09. The smallest absolute Gasteiger partial charge is 0.108 e. The summed E-state index contributed by atoms with van der Waals surface area (Å²) in [6.45, 7) is 6.34. The molecule has 0 bridgehead atoms. The fourth-order valence-electron chi connectivity index (χ4n) is 1.48. The predicted molar refractivity (Wildman–Crippen MR) is 72.5 cm³/mol. The first-order valence-corrected chi connectivity index (χ1v) is 8.60. The van der Waals surface area contributed by atoms with Crippen molar-refractivity contribution in [2.24, 2.45) is 5.92 Å². The highest BCUT2D eigenvalue weighted by atomic mass is 31.2. The van der Waals surface area contributed by atoms with E-state index in [1.807, 2.05) is 18.8 Å². The lowest BCUT2D eigenvalue weighted by molar-refractivity contribution is 0.262. The van der Waals surface area contributed by atoms with Crippen molar-refractivity contribution in [2.75, 3.05) is 18.9 Å². The summed E-state index contributed by atoms with van der Waals surface area (Å²) in [4.78, 5) is 0. The maximum Gasteiger partial charge on any atom is 0.108 e. The number of hydrogen-bond acceptors (Lipinski definition) is 2. The van der Waals surface area contributed by atoms with Crippen LogP contribution in [0.1, 0.15) is 46.5 Å². The van der Waals surface area contributed by atoms with Crippen LogP contribution in [0, 0.1) is 5.92 Å². The van der Waals surface area contributed by atoms with E-state index in [4.69, 9.17) is 5.11 Å². The van der Waals surface area contributed by atoms with Gasteiger partial charge in [-0.15, -0.1) is 0 Å². The van der Waals surface area contributed by atoms with Crippen LogP contribution in [0.4, 0.5) is 0 Å². The summed E-state index contributed by atoms with van der Waals surface area (Å²) in [6.07, 6.45) is 7.86. The lowest BCUT2D eigenvalue weighted by Gasteiger charge is -2.14. The van der Waals surface area contributed by atoms with E-state index in [9.17, 15) is 4.57 Å². The van der Waals surface area contributed by atoms with Crippen molar-refractivity contribution < 1.29 is 9.67 Å². The van der Waals surface area contributed by atoms with Crippen LogP contribution in [0.25, 0.3) is 0 Å². The Bertz CT molecular complexity index is 224. The van der Waals surface area contributed by atoms with Gasteiger partial charge in [-0.25, -0.2) is 0 Å². The van der Waals surface area contributed by atoms with Gasteiger partial charge in [0.2, 0.25) is 0 Å². The van der Waals surface area contributed by atoms with Gasteiger partial charge in [0.25, 0.3) is 0 Å². The summed E-state index contributed by atoms with van der Waals surface area (Å²) in [5, 5.41) is 8.94. The van der Waals surface area contributed by atoms with Crippen LogP contribution in [0.2, 0.25) is 0 Å². The summed E-state index contributed by atoms with van der Waals surface area (Å²) < 4.78 is 12.6. The highest BCUT2D eigenvalue weighted by Gasteiger charge is 2.16. The molecule has 0 aromatic heterocycles. The second-order valence-corrected chi connectivity index (χ2v) is 7.71. The van der Waals surface area contributed by atoms with Gasteiger partial charge >= 0.3 is 0 Å². The standard InChI is InChI=1S/C13H27O2P/c1-4-6-9-16(15,10-7-5-2)11-8-13(3)12-14/h8,11,13-14H,4-7,9-10,12H2,1-3H3/b11-8-. The lowest BCUT2D eigenvalue weighted by atomic mass is 10.2. The van der Waals surface area contributed by atoms with Crippen LogP contribution in [0.5, 0.6) is 0 Å². The minimum absolute atomic E-state index is 0.122. The van der Waals surface area contributed by atoms with Crippen molar-refractivity contribution in [2.45, 2.75) is 46.5 Å². The highest BCUT2D eigenvalue weighted by molar-refractivity contribution is 7.67. The zero-order valence-corrected chi connectivity index (χ0v) is 11.9. The third kappa shape index (κ3) is 7.24. The molecule has 2 nitrogen and oxygen atoms in total. The largest absolute Gasteiger partial charge is 0.396 e. The fourth-order valence-corrected chi connectivity index (χ4v) is 4.31. The van der Waals surface area contributed by atoms with Gasteiger partial charge in [0.1, 0.15) is 7.14 Å². The topological polar surface area (TPSA) is 37.3 Å². The van der Waals surface area contributed by atoms with E-state index in [1.54, 1.807) is 0 Å². The average molecular weight is 246 g/mol. The molecule has 0 saturated heterocycles. The molecular formula is C13H27O2P. The van der Waals surface area contributed by atoms with Crippen LogP contribution in [0.15, 0.2) is 11.9 Å². The zero-order chi connectivity index (χ0) is 12.4. The Morgan fingerprint density at radius 3 is 2.06 bits per heavy atom. The third-order valence-electron chi connectivity index (χ3n) is 2.75. The Kier molecular flexibility index (Phi) is 8.97. The molecule has 0 aliphatic carbocycles. The van der Waals surface area contributed by atoms with Crippen LogP contribution in [-0.2, 0) is 4.57 Å². The number of unbranched alkanes of at least 4 members (excludes halogenated alkanes) is 2. The van der Waals surface area contributed by atoms with E-state index in [0.717, 1.165) is 38.0 Å². The molecule has 0 saturated carbocycles. The number of rotatable bonds is 9. The molecular weight excluding hydrogens is 219 g/mol. The molecule has 0 radical (unpaired) electrons. The van der Waals surface area contributed by atoms with Gasteiger partial charge in [0.15, 0.2) is 0 Å². The van der Waals surface area contributed by atoms with Crippen molar-refractivity contribution in [1.29, 1.82) is 0 Å². The molecule has 1 N–H and O–H groups in total. The van der Waals surface area contributed by atoms with Gasteiger partial charge in [-0.3, -0.25) is 0 Å². The Morgan fingerprint density at radius 1 is 1.19 bits per heavy atom. The van der Waals surface area contributed by atoms with Crippen LogP contribution >= 0.6 is 7.14 Å². The molecule has 0 fully saturated rings. The van der Waals surface area contributed by atoms with Crippen molar-refractivity contribution >= 4 is 7.14 Å². The molecule has 1 unspecified atom stereocenters. The van der Waals surface area contributed by atoms with Crippen molar-refractivity contribution in [3.63, 3.8) is 0 Å². The van der Waals surface area contributed by atoms with Gasteiger partial charge in [0, 0.05) is 18.9 Å². The quantitative estimate of drug-likeness (QED) is 0.622. The van der Waals surface area contributed by atoms with Gasteiger partial charge in [-0.2, -0.15) is 0 Å². The number of hydrogen-bond donors (Lipinski definition) is 1. The Balaban J connectivity index is 4.39. The van der Waals surface area contributed by atoms with Crippen molar-refractivity contribution in [1.82, 2.24) is 0 Å². The van der Waals surface area contributed by atoms with E-state index in [-0.39, 0.29) is 12.5 Å². The minimum atomic E-state index is -2.11. The van der Waals surface area contributed by atoms with E-state index in [2.05, 4.69) is 13.8 Å². The van der Waals surface area contributed by atoms with E-state index < -0.39 is 7.14 Å². The first-order valence-electron chi connectivity index (χ1n) is 6.46. The number of aliphatic hydroxyl groups is 1. The summed E-state index contributed by atoms with van der Waals surface area (Å²) >= 11 is 0. The molecule has 96 valence electrons. The lowest BCUT2D eigenvalue weighted by Crippen LogP contribution is -1.97. The Hall–Kier alpha value is -0.0700. The zero-order valence-electron chi connectivity index (χ0n) is 11.0. The second-order valence-electron chi connectivity index (χ2n) is 4.61. The molecule has 0 spiro atoms. The molecule has 16 heavy (non-hydrogen) atoms. The molecule has 0 aliphatic heterocycles. The van der Waals surface area contributed by atoms with Gasteiger partial charge in [0.05, 0.1) is 0 Å². The van der Waals surface area contributed by atoms with E-state index >= 15 is 0 Å². The van der Waals surface area contributed by atoms with Crippen LogP contribution in [-0.4, -0.2) is 24.0 Å². The molecule has 0 aromatic carbocycles. The SMILES string of the molecule is CCCCP(=O)(/C=C\C(C)CO)CCCC. The normalized spacial score (nSPS) is 14.5. The van der Waals surface area contributed by atoms with Gasteiger partial charge < -0.3 is 9.67 Å². The summed E-state index contributed by atoms with van der Waals surface area (Å²) in [7, 11) is -2.11. The molecule has 0 heterocycles. The third-order valence-corrected chi connectivity index (χ3v) is 5.62. The van der Waals surface area contributed by atoms with Crippen LogP contribution in [0.3, 0.4) is 0 Å². The Morgan fingerprint density at radius 2 is 1.69 bits per heavy atom. The molecule has 0 amide bonds. The maximum atomic E-state index is 12.6. The maximum absolute atomic E-state index is 12.6. The van der Waals surface area contributed by atoms with E-state index in [0.29, 0.717) is 0 Å². The van der Waals surface area contributed by atoms with Crippen molar-refractivity contribution in [3.05, 3.63) is 11.9 Å². The average Bonchev–Trinajstić information content (AvgIpc) is 2.31. The highest BCUT2D eigenvalue weighted by Crippen LogP contribution is 2.49. The molecule has 0 aliphatic rings. The first-order chi connectivity index (χ1) is 7.58. The monoisotopic (exact) mass is 246 g/mol. The fraction of sp³-hybridized carbons (Fsp3) is 0.846. The van der Waals surface area contributed by atoms with Gasteiger partial charge in [-0.05, 0) is 24.6 Å². The molecule has 0 aromatic rings. The van der Waals surface area contributed by atoms with Crippen molar-refractivity contribution in [3.8, 4) is 0 Å². The summed E-state index contributed by atoms with van der Waals surface area (Å²) in [5.74, 6) is 2.02. The van der Waals surface area contributed by atoms with Gasteiger partial charge in [-0.1, -0.05) is 39.7 Å². The second kappa shape index (κ2) is 9.01. The minimum Gasteiger partial charge on any atom is -0.396 e. The van der Waals surface area contributed by atoms with E-state index in [1.165, 1.54) is 0 Å². The summed E-state index contributed by atoms with van der Waals surface area (Å²) in [5.41, 5.74) is 0.